The molecule has 1 amide bonds. The quantitative estimate of drug-likeness (QED) is 0.416. The highest BCUT2D eigenvalue weighted by atomic mass is 32.2. The molecule has 2 aromatic carbocycles. The smallest absolute Gasteiger partial charge is 0.231 e. The Labute approximate surface area is 190 Å². The van der Waals surface area contributed by atoms with Crippen molar-refractivity contribution in [3.63, 3.8) is 0 Å². The van der Waals surface area contributed by atoms with Gasteiger partial charge < -0.3 is 14.6 Å². The van der Waals surface area contributed by atoms with Crippen molar-refractivity contribution in [3.05, 3.63) is 84.2 Å². The second kappa shape index (κ2) is 9.69. The summed E-state index contributed by atoms with van der Waals surface area (Å²) in [6.45, 7) is 2.04. The van der Waals surface area contributed by atoms with Gasteiger partial charge in [-0.05, 0) is 36.8 Å². The molecule has 1 atom stereocenters. The highest BCUT2D eigenvalue weighted by Crippen LogP contribution is 2.24. The van der Waals surface area contributed by atoms with Crippen LogP contribution >= 0.6 is 11.8 Å². The van der Waals surface area contributed by atoms with E-state index in [0.717, 1.165) is 22.8 Å². The van der Waals surface area contributed by atoms with Crippen LogP contribution in [0.15, 0.2) is 72.4 Å². The van der Waals surface area contributed by atoms with Crippen molar-refractivity contribution in [2.45, 2.75) is 18.1 Å². The molecule has 4 aromatic rings. The predicted molar refractivity (Wildman–Crippen MR) is 123 cm³/mol. The summed E-state index contributed by atoms with van der Waals surface area (Å²) < 4.78 is 9.02. The molecule has 0 fully saturated rings. The lowest BCUT2D eigenvalue weighted by Gasteiger charge is -2.19. The first-order chi connectivity index (χ1) is 15.5. The minimum absolute atomic E-state index is 0.128. The van der Waals surface area contributed by atoms with Gasteiger partial charge in [-0.3, -0.25) is 9.36 Å². The molecule has 0 saturated heterocycles. The number of hydrogen-bond acceptors (Lipinski definition) is 6. The van der Waals surface area contributed by atoms with Gasteiger partial charge in [0.05, 0.1) is 12.9 Å². The van der Waals surface area contributed by atoms with Crippen LogP contribution in [0.4, 0.5) is 0 Å². The number of aryl methyl sites for hydroxylation is 2. The van der Waals surface area contributed by atoms with E-state index in [1.54, 1.807) is 19.6 Å². The Morgan fingerprint density at radius 2 is 1.91 bits per heavy atom. The summed E-state index contributed by atoms with van der Waals surface area (Å²) in [5.74, 6) is 1.57. The van der Waals surface area contributed by atoms with Gasteiger partial charge in [-0.2, -0.15) is 0 Å². The van der Waals surface area contributed by atoms with Crippen LogP contribution in [0.25, 0.3) is 5.69 Å². The molecule has 0 saturated carbocycles. The number of aromatic nitrogens is 5. The molecule has 8 nitrogen and oxygen atoms in total. The monoisotopic (exact) mass is 448 g/mol. The van der Waals surface area contributed by atoms with Crippen molar-refractivity contribution in [1.82, 2.24) is 29.6 Å². The molecule has 2 heterocycles. The summed E-state index contributed by atoms with van der Waals surface area (Å²) in [5.41, 5.74) is 3.04. The lowest BCUT2D eigenvalue weighted by Crippen LogP contribution is -2.32. The Morgan fingerprint density at radius 1 is 1.16 bits per heavy atom. The molecule has 164 valence electrons. The minimum Gasteiger partial charge on any atom is -0.497 e. The van der Waals surface area contributed by atoms with E-state index in [1.165, 1.54) is 17.3 Å². The normalized spacial score (nSPS) is 11.8. The molecule has 0 aliphatic heterocycles. The van der Waals surface area contributed by atoms with Crippen molar-refractivity contribution in [1.29, 1.82) is 0 Å². The average Bonchev–Trinajstić information content (AvgIpc) is 3.45. The highest BCUT2D eigenvalue weighted by Gasteiger charge is 2.21. The Bertz CT molecular complexity index is 1180. The number of hydrogen-bond donors (Lipinski definition) is 1. The maximum absolute atomic E-state index is 12.9. The van der Waals surface area contributed by atoms with Crippen molar-refractivity contribution in [3.8, 4) is 11.4 Å². The van der Waals surface area contributed by atoms with Gasteiger partial charge in [-0.1, -0.05) is 41.6 Å². The minimum atomic E-state index is -0.385. The van der Waals surface area contributed by atoms with E-state index in [9.17, 15) is 4.79 Å². The van der Waals surface area contributed by atoms with Gasteiger partial charge >= 0.3 is 0 Å². The standard InChI is InChI=1S/C23H24N6O2S/c1-16-4-8-18(9-5-16)29-15-25-27-23(29)32-14-20(30)26-21(22-24-12-13-28(22)2)17-6-10-19(31-3)11-7-17/h4-13,15,21H,14H2,1-3H3,(H,26,30). The van der Waals surface area contributed by atoms with Gasteiger partial charge in [0.1, 0.15) is 23.9 Å². The van der Waals surface area contributed by atoms with E-state index in [-0.39, 0.29) is 17.7 Å². The number of benzene rings is 2. The van der Waals surface area contributed by atoms with E-state index in [1.807, 2.05) is 77.8 Å². The van der Waals surface area contributed by atoms with Gasteiger partial charge in [0.15, 0.2) is 5.16 Å². The van der Waals surface area contributed by atoms with E-state index < -0.39 is 0 Å². The molecule has 9 heteroatoms. The Hall–Kier alpha value is -3.59. The molecule has 1 N–H and O–H groups in total. The number of amides is 1. The van der Waals surface area contributed by atoms with Gasteiger partial charge in [-0.15, -0.1) is 10.2 Å². The molecule has 0 aliphatic carbocycles. The van der Waals surface area contributed by atoms with Crippen LogP contribution < -0.4 is 10.1 Å². The van der Waals surface area contributed by atoms with Gasteiger partial charge in [0, 0.05) is 25.1 Å². The zero-order chi connectivity index (χ0) is 22.5. The molecule has 1 unspecified atom stereocenters. The summed E-state index contributed by atoms with van der Waals surface area (Å²) in [7, 11) is 3.53. The van der Waals surface area contributed by atoms with Crippen LogP contribution in [0, 0.1) is 6.92 Å². The number of nitrogens with one attached hydrogen (secondary N) is 1. The van der Waals surface area contributed by atoms with Crippen LogP contribution in [0.2, 0.25) is 0 Å². The predicted octanol–water partition coefficient (Wildman–Crippen LogP) is 3.32. The summed E-state index contributed by atoms with van der Waals surface area (Å²) in [6, 6.07) is 15.3. The third kappa shape index (κ3) is 4.83. The number of rotatable bonds is 8. The lowest BCUT2D eigenvalue weighted by atomic mass is 10.1. The van der Waals surface area contributed by atoms with Crippen molar-refractivity contribution in [2.24, 2.45) is 7.05 Å². The average molecular weight is 449 g/mol. The van der Waals surface area contributed by atoms with Gasteiger partial charge in [0.25, 0.3) is 0 Å². The highest BCUT2D eigenvalue weighted by molar-refractivity contribution is 7.99. The maximum Gasteiger partial charge on any atom is 0.231 e. The summed E-state index contributed by atoms with van der Waals surface area (Å²) >= 11 is 1.34. The van der Waals surface area contributed by atoms with Crippen molar-refractivity contribution < 1.29 is 9.53 Å². The largest absolute Gasteiger partial charge is 0.497 e. The first kappa shape index (κ1) is 21.6. The first-order valence-corrected chi connectivity index (χ1v) is 11.0. The Kier molecular flexibility index (Phi) is 6.55. The van der Waals surface area contributed by atoms with Crippen LogP contribution in [0.3, 0.4) is 0 Å². The second-order valence-corrected chi connectivity index (χ2v) is 8.22. The number of thioether (sulfide) groups is 1. The van der Waals surface area contributed by atoms with E-state index in [4.69, 9.17) is 4.74 Å². The molecule has 0 spiro atoms. The van der Waals surface area contributed by atoms with Crippen LogP contribution in [0.5, 0.6) is 5.75 Å². The number of nitrogens with zero attached hydrogens (tertiary/aromatic N) is 5. The maximum atomic E-state index is 12.9. The second-order valence-electron chi connectivity index (χ2n) is 7.28. The van der Waals surface area contributed by atoms with Crippen molar-refractivity contribution >= 4 is 17.7 Å². The molecule has 32 heavy (non-hydrogen) atoms. The third-order valence-electron chi connectivity index (χ3n) is 5.03. The topological polar surface area (TPSA) is 86.9 Å². The fourth-order valence-corrected chi connectivity index (χ4v) is 4.03. The Balaban J connectivity index is 1.48. The third-order valence-corrected chi connectivity index (χ3v) is 5.98. The van der Waals surface area contributed by atoms with Gasteiger partial charge in [0.2, 0.25) is 5.91 Å². The number of imidazole rings is 1. The van der Waals surface area contributed by atoms with Gasteiger partial charge in [-0.25, -0.2) is 4.98 Å². The van der Waals surface area contributed by atoms with Crippen LogP contribution in [-0.4, -0.2) is 43.1 Å². The van der Waals surface area contributed by atoms with Crippen LogP contribution in [-0.2, 0) is 11.8 Å². The lowest BCUT2D eigenvalue weighted by molar-refractivity contribution is -0.119. The zero-order valence-electron chi connectivity index (χ0n) is 18.1. The zero-order valence-corrected chi connectivity index (χ0v) is 18.9. The summed E-state index contributed by atoms with van der Waals surface area (Å²) in [5, 5.41) is 11.9. The fraction of sp³-hybridized carbons (Fsp3) is 0.217. The molecule has 0 radical (unpaired) electrons. The number of carbonyl (C=O) groups is 1. The SMILES string of the molecule is COc1ccc(C(NC(=O)CSc2nncn2-c2ccc(C)cc2)c2nccn2C)cc1. The molecule has 2 aromatic heterocycles. The molecule has 4 rings (SSSR count). The molecular formula is C23H24N6O2S. The summed E-state index contributed by atoms with van der Waals surface area (Å²) in [4.78, 5) is 17.3. The van der Waals surface area contributed by atoms with Crippen molar-refractivity contribution in [2.75, 3.05) is 12.9 Å². The number of ether oxygens (including phenoxy) is 1. The summed E-state index contributed by atoms with van der Waals surface area (Å²) in [6.07, 6.45) is 5.23. The first-order valence-electron chi connectivity index (χ1n) is 10.1. The van der Waals surface area contributed by atoms with E-state index in [2.05, 4.69) is 20.5 Å². The number of methoxy groups -OCH3 is 1. The van der Waals surface area contributed by atoms with Crippen LogP contribution in [0.1, 0.15) is 23.0 Å². The molecule has 0 aliphatic rings. The van der Waals surface area contributed by atoms with E-state index >= 15 is 0 Å². The fourth-order valence-electron chi connectivity index (χ4n) is 3.29. The Morgan fingerprint density at radius 3 is 2.56 bits per heavy atom. The van der Waals surface area contributed by atoms with E-state index in [0.29, 0.717) is 5.16 Å². The number of carbonyl (C=O) groups excluding carboxylic acids is 1. The molecule has 0 bridgehead atoms. The molecular weight excluding hydrogens is 424 g/mol.